The Morgan fingerprint density at radius 2 is 1.69 bits per heavy atom. The van der Waals surface area contributed by atoms with Crippen molar-refractivity contribution < 1.29 is 0 Å². The van der Waals surface area contributed by atoms with Crippen LogP contribution in [0.5, 0.6) is 0 Å². The first-order valence-electron chi connectivity index (χ1n) is 4.85. The number of aliphatic imine (C=N–C) groups is 1. The second-order valence-corrected chi connectivity index (χ2v) is 3.91. The number of hydrogen-bond acceptors (Lipinski definition) is 1. The van der Waals surface area contributed by atoms with Crippen molar-refractivity contribution in [3.8, 4) is 0 Å². The smallest absolute Gasteiger partial charge is 0.0301 e. The average Bonchev–Trinajstić information content (AvgIpc) is 2.04. The maximum atomic E-state index is 4.40. The predicted molar refractivity (Wildman–Crippen MR) is 61.1 cm³/mol. The molecule has 0 unspecified atom stereocenters. The lowest BCUT2D eigenvalue weighted by atomic mass is 10.1. The topological polar surface area (TPSA) is 12.4 Å². The molecule has 0 aliphatic heterocycles. The van der Waals surface area contributed by atoms with Crippen LogP contribution in [0.15, 0.2) is 29.4 Å². The van der Waals surface area contributed by atoms with E-state index in [0.717, 1.165) is 0 Å². The highest BCUT2D eigenvalue weighted by Gasteiger charge is 1.98. The van der Waals surface area contributed by atoms with Crippen molar-refractivity contribution in [1.29, 1.82) is 0 Å². The van der Waals surface area contributed by atoms with Crippen LogP contribution in [0, 0.1) is 11.8 Å². The monoisotopic (exact) mass is 179 g/mol. The Balaban J connectivity index is 4.54. The fourth-order valence-corrected chi connectivity index (χ4v) is 0.763. The molecule has 0 aromatic heterocycles. The second kappa shape index (κ2) is 5.74. The molecule has 0 spiro atoms. The van der Waals surface area contributed by atoms with Crippen molar-refractivity contribution in [2.24, 2.45) is 16.8 Å². The molecular formula is C12H21N. The molecule has 74 valence electrons. The van der Waals surface area contributed by atoms with Crippen LogP contribution < -0.4 is 0 Å². The number of rotatable bonds is 4. The lowest BCUT2D eigenvalue weighted by Gasteiger charge is -2.05. The van der Waals surface area contributed by atoms with Gasteiger partial charge in [-0.15, -0.1) is 0 Å². The quantitative estimate of drug-likeness (QED) is 0.459. The van der Waals surface area contributed by atoms with E-state index in [1.807, 2.05) is 12.3 Å². The summed E-state index contributed by atoms with van der Waals surface area (Å²) in [5, 5.41) is 0. The van der Waals surface area contributed by atoms with Crippen LogP contribution in [0.3, 0.4) is 0 Å². The SMILES string of the molecule is C=C/C(=C\N=C(/C)C(C)C)C(C)C. The Morgan fingerprint density at radius 1 is 1.15 bits per heavy atom. The van der Waals surface area contributed by atoms with Gasteiger partial charge in [-0.1, -0.05) is 40.3 Å². The van der Waals surface area contributed by atoms with Gasteiger partial charge < -0.3 is 0 Å². The normalized spacial score (nSPS) is 14.1. The highest BCUT2D eigenvalue weighted by molar-refractivity contribution is 5.84. The zero-order valence-corrected chi connectivity index (χ0v) is 9.46. The highest BCUT2D eigenvalue weighted by atomic mass is 14.7. The largest absolute Gasteiger partial charge is 0.265 e. The first-order valence-corrected chi connectivity index (χ1v) is 4.85. The Hall–Kier alpha value is -0.850. The molecule has 0 bridgehead atoms. The summed E-state index contributed by atoms with van der Waals surface area (Å²) in [6.07, 6.45) is 3.80. The van der Waals surface area contributed by atoms with Crippen LogP contribution in [-0.2, 0) is 0 Å². The molecule has 0 radical (unpaired) electrons. The van der Waals surface area contributed by atoms with Crippen LogP contribution in [0.4, 0.5) is 0 Å². The molecule has 1 heteroatoms. The van der Waals surface area contributed by atoms with E-state index in [2.05, 4.69) is 46.2 Å². The summed E-state index contributed by atoms with van der Waals surface area (Å²) in [6.45, 7) is 14.4. The van der Waals surface area contributed by atoms with Crippen LogP contribution >= 0.6 is 0 Å². The molecule has 0 aromatic carbocycles. The fourth-order valence-electron chi connectivity index (χ4n) is 0.763. The van der Waals surface area contributed by atoms with Crippen molar-refractivity contribution >= 4 is 5.71 Å². The van der Waals surface area contributed by atoms with Gasteiger partial charge in [-0.2, -0.15) is 0 Å². The summed E-state index contributed by atoms with van der Waals surface area (Å²) < 4.78 is 0. The van der Waals surface area contributed by atoms with Crippen LogP contribution in [0.25, 0.3) is 0 Å². The summed E-state index contributed by atoms with van der Waals surface area (Å²) >= 11 is 0. The molecule has 0 heterocycles. The molecule has 1 nitrogen and oxygen atoms in total. The average molecular weight is 179 g/mol. The van der Waals surface area contributed by atoms with Crippen molar-refractivity contribution in [3.63, 3.8) is 0 Å². The molecule has 0 fully saturated rings. The summed E-state index contributed by atoms with van der Waals surface area (Å²) in [4.78, 5) is 4.40. The Bertz CT molecular complexity index is 219. The van der Waals surface area contributed by atoms with Crippen LogP contribution in [0.1, 0.15) is 34.6 Å². The van der Waals surface area contributed by atoms with E-state index in [1.165, 1.54) is 11.3 Å². The first-order chi connectivity index (χ1) is 5.99. The summed E-state index contributed by atoms with van der Waals surface area (Å²) in [7, 11) is 0. The molecule has 0 rings (SSSR count). The molecule has 0 saturated heterocycles. The van der Waals surface area contributed by atoms with Gasteiger partial charge in [-0.3, -0.25) is 4.99 Å². The molecular weight excluding hydrogens is 158 g/mol. The van der Waals surface area contributed by atoms with Crippen molar-refractivity contribution in [1.82, 2.24) is 0 Å². The van der Waals surface area contributed by atoms with Crippen molar-refractivity contribution in [3.05, 3.63) is 24.4 Å². The lowest BCUT2D eigenvalue weighted by Crippen LogP contribution is -2.00. The summed E-state index contributed by atoms with van der Waals surface area (Å²) in [5.74, 6) is 1.02. The highest BCUT2D eigenvalue weighted by Crippen LogP contribution is 2.10. The standard InChI is InChI=1S/C12H21N/c1-7-12(10(4)5)8-13-11(6)9(2)3/h7-10H,1H2,2-6H3/b12-8+,13-11+. The second-order valence-electron chi connectivity index (χ2n) is 3.91. The number of hydrogen-bond donors (Lipinski definition) is 0. The Morgan fingerprint density at radius 3 is 2.00 bits per heavy atom. The van der Waals surface area contributed by atoms with E-state index in [1.54, 1.807) is 0 Å². The molecule has 0 aromatic rings. The van der Waals surface area contributed by atoms with Gasteiger partial charge in [0, 0.05) is 11.9 Å². The number of allylic oxidation sites excluding steroid dienone is 2. The van der Waals surface area contributed by atoms with Gasteiger partial charge in [-0.25, -0.2) is 0 Å². The van der Waals surface area contributed by atoms with E-state index < -0.39 is 0 Å². The van der Waals surface area contributed by atoms with Gasteiger partial charge in [0.25, 0.3) is 0 Å². The zero-order valence-electron chi connectivity index (χ0n) is 9.46. The molecule has 0 atom stereocenters. The van der Waals surface area contributed by atoms with E-state index in [0.29, 0.717) is 11.8 Å². The van der Waals surface area contributed by atoms with Crippen LogP contribution in [0.2, 0.25) is 0 Å². The van der Waals surface area contributed by atoms with Gasteiger partial charge in [0.2, 0.25) is 0 Å². The molecule has 0 N–H and O–H groups in total. The minimum absolute atomic E-state index is 0.501. The van der Waals surface area contributed by atoms with Gasteiger partial charge >= 0.3 is 0 Å². The molecule has 0 aliphatic rings. The van der Waals surface area contributed by atoms with E-state index in [4.69, 9.17) is 0 Å². The van der Waals surface area contributed by atoms with Gasteiger partial charge in [0.05, 0.1) is 0 Å². The number of nitrogens with zero attached hydrogens (tertiary/aromatic N) is 1. The van der Waals surface area contributed by atoms with Crippen molar-refractivity contribution in [2.45, 2.75) is 34.6 Å². The van der Waals surface area contributed by atoms with E-state index in [9.17, 15) is 0 Å². The molecule has 0 aliphatic carbocycles. The van der Waals surface area contributed by atoms with Gasteiger partial charge in [0.15, 0.2) is 0 Å². The Kier molecular flexibility index (Phi) is 5.36. The van der Waals surface area contributed by atoms with Crippen molar-refractivity contribution in [2.75, 3.05) is 0 Å². The van der Waals surface area contributed by atoms with Gasteiger partial charge in [0.1, 0.15) is 0 Å². The third kappa shape index (κ3) is 4.66. The maximum Gasteiger partial charge on any atom is 0.0301 e. The fraction of sp³-hybridized carbons (Fsp3) is 0.583. The predicted octanol–water partition coefficient (Wildman–Crippen LogP) is 3.83. The van der Waals surface area contributed by atoms with E-state index >= 15 is 0 Å². The van der Waals surface area contributed by atoms with Gasteiger partial charge in [-0.05, 0) is 24.3 Å². The molecule has 0 saturated carbocycles. The molecule has 13 heavy (non-hydrogen) atoms. The third-order valence-electron chi connectivity index (χ3n) is 2.16. The minimum atomic E-state index is 0.501. The summed E-state index contributed by atoms with van der Waals surface area (Å²) in [6, 6.07) is 0. The third-order valence-corrected chi connectivity index (χ3v) is 2.16. The van der Waals surface area contributed by atoms with Crippen LogP contribution in [-0.4, -0.2) is 5.71 Å². The summed E-state index contributed by atoms with van der Waals surface area (Å²) in [5.41, 5.74) is 2.36. The first kappa shape index (κ1) is 12.2. The maximum absolute atomic E-state index is 4.40. The van der Waals surface area contributed by atoms with E-state index in [-0.39, 0.29) is 0 Å². The Labute approximate surface area is 82.3 Å². The lowest BCUT2D eigenvalue weighted by molar-refractivity contribution is 0.788. The minimum Gasteiger partial charge on any atom is -0.265 e. The zero-order chi connectivity index (χ0) is 10.4. The molecule has 0 amide bonds.